The number of aliphatic hydroxyl groups is 1. The summed E-state index contributed by atoms with van der Waals surface area (Å²) in [4.78, 5) is 13.9. The van der Waals surface area contributed by atoms with Gasteiger partial charge in [0.05, 0.1) is 12.9 Å². The fraction of sp³-hybridized carbons (Fsp3) is 0.267. The lowest BCUT2D eigenvalue weighted by molar-refractivity contribution is 0.0996. The average Bonchev–Trinajstić information content (AvgIpc) is 3.00. The van der Waals surface area contributed by atoms with Gasteiger partial charge in [0.25, 0.3) is 5.91 Å². The minimum atomic E-state index is -0.273. The van der Waals surface area contributed by atoms with Crippen LogP contribution in [-0.2, 0) is 0 Å². The molecule has 5 nitrogen and oxygen atoms in total. The summed E-state index contributed by atoms with van der Waals surface area (Å²) in [6.07, 6.45) is 1.46. The Kier molecular flexibility index (Phi) is 4.79. The molecule has 1 heterocycles. The highest BCUT2D eigenvalue weighted by atomic mass is 16.3. The maximum atomic E-state index is 11.8. The molecule has 0 spiro atoms. The van der Waals surface area contributed by atoms with Crippen LogP contribution in [0.15, 0.2) is 47.1 Å². The molecule has 0 fully saturated rings. The number of nitrogens with zero attached hydrogens (tertiary/aromatic N) is 1. The summed E-state index contributed by atoms with van der Waals surface area (Å²) in [5.41, 5.74) is 1.72. The molecule has 0 aliphatic carbocycles. The highest BCUT2D eigenvalue weighted by molar-refractivity contribution is 6.02. The van der Waals surface area contributed by atoms with E-state index in [1.807, 2.05) is 31.2 Å². The van der Waals surface area contributed by atoms with Crippen molar-refractivity contribution in [2.24, 2.45) is 0 Å². The van der Waals surface area contributed by atoms with Crippen molar-refractivity contribution in [2.45, 2.75) is 6.92 Å². The number of amides is 1. The van der Waals surface area contributed by atoms with Gasteiger partial charge in [-0.25, -0.2) is 0 Å². The van der Waals surface area contributed by atoms with Crippen LogP contribution in [0.4, 0.5) is 11.4 Å². The summed E-state index contributed by atoms with van der Waals surface area (Å²) in [5.74, 6) is 0.00926. The van der Waals surface area contributed by atoms with Gasteiger partial charge in [0.1, 0.15) is 0 Å². The zero-order valence-electron chi connectivity index (χ0n) is 11.4. The van der Waals surface area contributed by atoms with Crippen LogP contribution in [0.5, 0.6) is 0 Å². The number of furan rings is 1. The molecule has 0 radical (unpaired) electrons. The topological polar surface area (TPSA) is 65.7 Å². The second kappa shape index (κ2) is 6.77. The van der Waals surface area contributed by atoms with E-state index < -0.39 is 0 Å². The van der Waals surface area contributed by atoms with E-state index in [4.69, 9.17) is 9.52 Å². The lowest BCUT2D eigenvalue weighted by atomic mass is 10.2. The first-order valence-electron chi connectivity index (χ1n) is 6.55. The van der Waals surface area contributed by atoms with Gasteiger partial charge in [-0.05, 0) is 43.3 Å². The molecule has 0 aliphatic rings. The second-order valence-corrected chi connectivity index (χ2v) is 4.28. The number of nitrogens with one attached hydrogen (secondary N) is 1. The summed E-state index contributed by atoms with van der Waals surface area (Å²) in [5, 5.41) is 11.8. The van der Waals surface area contributed by atoms with Crippen LogP contribution >= 0.6 is 0 Å². The number of aliphatic hydroxyl groups excluding tert-OH is 1. The lowest BCUT2D eigenvalue weighted by Crippen LogP contribution is -2.26. The molecule has 0 aliphatic heterocycles. The third-order valence-corrected chi connectivity index (χ3v) is 2.99. The number of hydrogen-bond acceptors (Lipinski definition) is 4. The van der Waals surface area contributed by atoms with Crippen LogP contribution in [0.3, 0.4) is 0 Å². The van der Waals surface area contributed by atoms with Gasteiger partial charge in [0, 0.05) is 24.5 Å². The standard InChI is InChI=1S/C15H18N2O3/c1-2-17(9-10-18)13-7-5-12(6-8-13)16-15(19)14-4-3-11-20-14/h3-8,11,18H,2,9-10H2,1H3,(H,16,19). The quantitative estimate of drug-likeness (QED) is 0.848. The van der Waals surface area contributed by atoms with Crippen LogP contribution in [0.2, 0.25) is 0 Å². The van der Waals surface area contributed by atoms with Gasteiger partial charge in [-0.15, -0.1) is 0 Å². The van der Waals surface area contributed by atoms with E-state index in [1.54, 1.807) is 12.1 Å². The minimum absolute atomic E-state index is 0.116. The van der Waals surface area contributed by atoms with Crippen LogP contribution in [0.25, 0.3) is 0 Å². The van der Waals surface area contributed by atoms with Gasteiger partial charge in [-0.3, -0.25) is 4.79 Å². The van der Waals surface area contributed by atoms with Crippen molar-refractivity contribution in [1.29, 1.82) is 0 Å². The van der Waals surface area contributed by atoms with Crippen molar-refractivity contribution in [1.82, 2.24) is 0 Å². The molecular weight excluding hydrogens is 256 g/mol. The number of carbonyl (C=O) groups excluding carboxylic acids is 1. The molecule has 1 amide bonds. The Morgan fingerprint density at radius 2 is 2.05 bits per heavy atom. The van der Waals surface area contributed by atoms with E-state index >= 15 is 0 Å². The van der Waals surface area contributed by atoms with E-state index in [1.165, 1.54) is 6.26 Å². The Morgan fingerprint density at radius 1 is 1.30 bits per heavy atom. The summed E-state index contributed by atoms with van der Waals surface area (Å²) in [6.45, 7) is 3.56. The third kappa shape index (κ3) is 3.39. The minimum Gasteiger partial charge on any atom is -0.459 e. The van der Waals surface area contributed by atoms with Crippen molar-refractivity contribution in [2.75, 3.05) is 29.9 Å². The fourth-order valence-corrected chi connectivity index (χ4v) is 1.95. The highest BCUT2D eigenvalue weighted by Gasteiger charge is 2.09. The molecule has 0 saturated carbocycles. The predicted octanol–water partition coefficient (Wildman–Crippen LogP) is 2.35. The van der Waals surface area contributed by atoms with Crippen molar-refractivity contribution < 1.29 is 14.3 Å². The highest BCUT2D eigenvalue weighted by Crippen LogP contribution is 2.18. The van der Waals surface area contributed by atoms with Gasteiger partial charge >= 0.3 is 0 Å². The average molecular weight is 274 g/mol. The van der Waals surface area contributed by atoms with Gasteiger partial charge in [0.2, 0.25) is 0 Å². The van der Waals surface area contributed by atoms with Crippen LogP contribution < -0.4 is 10.2 Å². The normalized spacial score (nSPS) is 10.3. The van der Waals surface area contributed by atoms with Gasteiger partial charge < -0.3 is 19.7 Å². The van der Waals surface area contributed by atoms with Crippen LogP contribution in [0.1, 0.15) is 17.5 Å². The summed E-state index contributed by atoms with van der Waals surface area (Å²) in [6, 6.07) is 10.8. The molecule has 106 valence electrons. The molecule has 5 heteroatoms. The Labute approximate surface area is 117 Å². The van der Waals surface area contributed by atoms with Crippen molar-refractivity contribution in [3.05, 3.63) is 48.4 Å². The Hall–Kier alpha value is -2.27. The first-order valence-corrected chi connectivity index (χ1v) is 6.55. The Bertz CT molecular complexity index is 535. The lowest BCUT2D eigenvalue weighted by Gasteiger charge is -2.22. The first kappa shape index (κ1) is 14.1. The number of hydrogen-bond donors (Lipinski definition) is 2. The molecule has 2 rings (SSSR count). The van der Waals surface area contributed by atoms with Crippen molar-refractivity contribution >= 4 is 17.3 Å². The molecule has 20 heavy (non-hydrogen) atoms. The molecule has 1 aromatic heterocycles. The molecule has 0 atom stereocenters. The number of likely N-dealkylation sites (N-methyl/N-ethyl adjacent to an activating group) is 1. The SMILES string of the molecule is CCN(CCO)c1ccc(NC(=O)c2ccco2)cc1. The number of anilines is 2. The van der Waals surface area contributed by atoms with Gasteiger partial charge in [0.15, 0.2) is 5.76 Å². The summed E-state index contributed by atoms with van der Waals surface area (Å²) >= 11 is 0. The summed E-state index contributed by atoms with van der Waals surface area (Å²) in [7, 11) is 0. The van der Waals surface area contributed by atoms with Gasteiger partial charge in [-0.2, -0.15) is 0 Å². The van der Waals surface area contributed by atoms with Crippen LogP contribution in [-0.4, -0.2) is 30.7 Å². The van der Waals surface area contributed by atoms with E-state index in [0.29, 0.717) is 12.2 Å². The predicted molar refractivity (Wildman–Crippen MR) is 78.1 cm³/mol. The Morgan fingerprint density at radius 3 is 2.60 bits per heavy atom. The number of benzene rings is 1. The Balaban J connectivity index is 2.03. The largest absolute Gasteiger partial charge is 0.459 e. The molecule has 1 aromatic carbocycles. The monoisotopic (exact) mass is 274 g/mol. The van der Waals surface area contributed by atoms with Crippen LogP contribution in [0, 0.1) is 0 Å². The molecular formula is C15H18N2O3. The van der Waals surface area contributed by atoms with E-state index in [0.717, 1.165) is 12.2 Å². The molecule has 2 aromatic rings. The molecule has 2 N–H and O–H groups in total. The molecule has 0 bridgehead atoms. The first-order chi connectivity index (χ1) is 9.74. The maximum Gasteiger partial charge on any atom is 0.291 e. The van der Waals surface area contributed by atoms with Gasteiger partial charge in [-0.1, -0.05) is 0 Å². The summed E-state index contributed by atoms with van der Waals surface area (Å²) < 4.78 is 5.03. The van der Waals surface area contributed by atoms with E-state index in [2.05, 4.69) is 10.2 Å². The number of rotatable bonds is 6. The fourth-order valence-electron chi connectivity index (χ4n) is 1.95. The molecule has 0 unspecified atom stereocenters. The second-order valence-electron chi connectivity index (χ2n) is 4.28. The maximum absolute atomic E-state index is 11.8. The number of carbonyl (C=O) groups is 1. The van der Waals surface area contributed by atoms with E-state index in [-0.39, 0.29) is 18.3 Å². The van der Waals surface area contributed by atoms with E-state index in [9.17, 15) is 4.79 Å². The third-order valence-electron chi connectivity index (χ3n) is 2.99. The van der Waals surface area contributed by atoms with Crippen molar-refractivity contribution in [3.63, 3.8) is 0 Å². The molecule has 0 saturated heterocycles. The smallest absolute Gasteiger partial charge is 0.291 e. The zero-order chi connectivity index (χ0) is 14.4. The zero-order valence-corrected chi connectivity index (χ0v) is 11.4. The van der Waals surface area contributed by atoms with Crippen molar-refractivity contribution in [3.8, 4) is 0 Å².